The van der Waals surface area contributed by atoms with Gasteiger partial charge >= 0.3 is 5.97 Å². The quantitative estimate of drug-likeness (QED) is 0.200. The fourth-order valence-corrected chi connectivity index (χ4v) is 3.18. The molecular weight excluding hydrogens is 456 g/mol. The number of carboxylic acids is 1. The molecule has 0 saturated heterocycles. The van der Waals surface area contributed by atoms with Crippen LogP contribution in [-0.4, -0.2) is 69.8 Å². The van der Waals surface area contributed by atoms with Gasteiger partial charge < -0.3 is 37.0 Å². The number of aliphatic hydroxyl groups is 1. The summed E-state index contributed by atoms with van der Waals surface area (Å²) in [6.07, 6.45) is 0.287. The van der Waals surface area contributed by atoms with Gasteiger partial charge in [0.2, 0.25) is 17.7 Å². The van der Waals surface area contributed by atoms with Crippen LogP contribution in [0, 0.1) is 0 Å². The van der Waals surface area contributed by atoms with Crippen LogP contribution in [0.15, 0.2) is 54.6 Å². The highest BCUT2D eigenvalue weighted by molar-refractivity contribution is 5.94. The van der Waals surface area contributed by atoms with E-state index >= 15 is 0 Å². The van der Waals surface area contributed by atoms with Crippen LogP contribution in [0.1, 0.15) is 18.1 Å². The molecule has 3 amide bonds. The van der Waals surface area contributed by atoms with Crippen LogP contribution in [0.25, 0.3) is 0 Å². The third-order valence-corrected chi connectivity index (χ3v) is 5.19. The first-order valence-electron chi connectivity index (χ1n) is 10.9. The van der Waals surface area contributed by atoms with E-state index in [4.69, 9.17) is 15.9 Å². The summed E-state index contributed by atoms with van der Waals surface area (Å²) >= 11 is 0. The maximum Gasteiger partial charge on any atom is 0.328 e. The molecule has 0 aliphatic rings. The number of rotatable bonds is 12. The van der Waals surface area contributed by atoms with Crippen LogP contribution in [0.2, 0.25) is 0 Å². The van der Waals surface area contributed by atoms with Crippen molar-refractivity contribution in [2.75, 3.05) is 6.61 Å². The summed E-state index contributed by atoms with van der Waals surface area (Å²) in [6.45, 7) is 0.519. The average molecular weight is 487 g/mol. The number of aliphatic hydroxyl groups excluding tert-OH is 1. The maximum absolute atomic E-state index is 13.0. The van der Waals surface area contributed by atoms with Gasteiger partial charge in [0.05, 0.1) is 12.6 Å². The van der Waals surface area contributed by atoms with E-state index in [2.05, 4.69) is 16.0 Å². The predicted octanol–water partition coefficient (Wildman–Crippen LogP) is -0.944. The second-order valence-corrected chi connectivity index (χ2v) is 8.04. The van der Waals surface area contributed by atoms with Crippen molar-refractivity contribution in [3.8, 4) is 5.75 Å². The molecule has 0 saturated carbocycles. The van der Waals surface area contributed by atoms with Gasteiger partial charge in [-0.2, -0.15) is 0 Å². The molecule has 0 heterocycles. The van der Waals surface area contributed by atoms with Gasteiger partial charge in [-0.1, -0.05) is 42.5 Å². The van der Waals surface area contributed by atoms with Crippen LogP contribution >= 0.6 is 0 Å². The van der Waals surface area contributed by atoms with Crippen LogP contribution in [0.3, 0.4) is 0 Å². The standard InChI is InChI=1S/C24H30N4O7/c1-14(21(31)28-20(13-29)24(34)35)26-23(33)19(12-16-7-9-17(30)10-8-16)27-22(32)18(25)11-15-5-3-2-4-6-15/h2-10,14,18-20,29-30H,11-13,25H2,1H3,(H,26,33)(H,27,32)(H,28,31)(H,34,35). The molecule has 4 unspecified atom stereocenters. The summed E-state index contributed by atoms with van der Waals surface area (Å²) in [7, 11) is 0. The summed E-state index contributed by atoms with van der Waals surface area (Å²) < 4.78 is 0. The second-order valence-electron chi connectivity index (χ2n) is 8.04. The van der Waals surface area contributed by atoms with Gasteiger partial charge in [-0.05, 0) is 36.6 Å². The number of carboxylic acid groups (broad SMARTS) is 1. The van der Waals surface area contributed by atoms with Gasteiger partial charge in [-0.15, -0.1) is 0 Å². The second kappa shape index (κ2) is 13.1. The number of carbonyl (C=O) groups excluding carboxylic acids is 3. The fraction of sp³-hybridized carbons (Fsp3) is 0.333. The lowest BCUT2D eigenvalue weighted by atomic mass is 10.0. The molecule has 8 N–H and O–H groups in total. The molecule has 2 aromatic carbocycles. The molecule has 0 spiro atoms. The lowest BCUT2D eigenvalue weighted by molar-refractivity contribution is -0.143. The molecular formula is C24H30N4O7. The minimum Gasteiger partial charge on any atom is -0.508 e. The number of hydrogen-bond acceptors (Lipinski definition) is 7. The molecule has 188 valence electrons. The first kappa shape index (κ1) is 27.3. The van der Waals surface area contributed by atoms with Crippen LogP contribution in [-0.2, 0) is 32.0 Å². The highest BCUT2D eigenvalue weighted by Crippen LogP contribution is 2.12. The molecule has 11 nitrogen and oxygen atoms in total. The molecule has 11 heteroatoms. The number of hydrogen-bond donors (Lipinski definition) is 7. The van der Waals surface area contributed by atoms with Crippen molar-refractivity contribution in [3.05, 3.63) is 65.7 Å². The molecule has 0 aliphatic carbocycles. The zero-order chi connectivity index (χ0) is 26.0. The van der Waals surface area contributed by atoms with Crippen molar-refractivity contribution in [3.63, 3.8) is 0 Å². The molecule has 0 bridgehead atoms. The van der Waals surface area contributed by atoms with Gasteiger partial charge in [0, 0.05) is 6.42 Å². The number of nitrogens with two attached hydrogens (primary N) is 1. The van der Waals surface area contributed by atoms with Crippen LogP contribution in [0.5, 0.6) is 5.75 Å². The summed E-state index contributed by atoms with van der Waals surface area (Å²) in [5.41, 5.74) is 7.51. The van der Waals surface area contributed by atoms with Gasteiger partial charge in [0.15, 0.2) is 0 Å². The van der Waals surface area contributed by atoms with Gasteiger partial charge in [0.25, 0.3) is 0 Å². The smallest absolute Gasteiger partial charge is 0.328 e. The van der Waals surface area contributed by atoms with E-state index in [-0.39, 0.29) is 18.6 Å². The van der Waals surface area contributed by atoms with E-state index in [1.807, 2.05) is 30.3 Å². The summed E-state index contributed by atoms with van der Waals surface area (Å²) in [6, 6.07) is 10.4. The Labute approximate surface area is 202 Å². The topological polar surface area (TPSA) is 191 Å². The molecule has 35 heavy (non-hydrogen) atoms. The third kappa shape index (κ3) is 8.72. The molecule has 0 aliphatic heterocycles. The minimum atomic E-state index is -1.52. The fourth-order valence-electron chi connectivity index (χ4n) is 3.18. The normalized spacial score (nSPS) is 14.1. The number of nitrogens with one attached hydrogen (secondary N) is 3. The number of phenols is 1. The zero-order valence-corrected chi connectivity index (χ0v) is 19.2. The predicted molar refractivity (Wildman–Crippen MR) is 126 cm³/mol. The molecule has 2 rings (SSSR count). The van der Waals surface area contributed by atoms with Crippen LogP contribution < -0.4 is 21.7 Å². The lowest BCUT2D eigenvalue weighted by Crippen LogP contribution is -2.57. The average Bonchev–Trinajstić information content (AvgIpc) is 2.83. The van der Waals surface area contributed by atoms with E-state index in [1.54, 1.807) is 12.1 Å². The first-order valence-corrected chi connectivity index (χ1v) is 10.9. The van der Waals surface area contributed by atoms with Gasteiger partial charge in [0.1, 0.15) is 23.9 Å². The number of amides is 3. The van der Waals surface area contributed by atoms with Crippen molar-refractivity contribution < 1.29 is 34.5 Å². The van der Waals surface area contributed by atoms with E-state index in [0.29, 0.717) is 5.56 Å². The number of aliphatic carboxylic acids is 1. The van der Waals surface area contributed by atoms with Crippen molar-refractivity contribution in [1.82, 2.24) is 16.0 Å². The number of aromatic hydroxyl groups is 1. The largest absolute Gasteiger partial charge is 0.508 e. The van der Waals surface area contributed by atoms with E-state index in [9.17, 15) is 24.3 Å². The molecule has 0 fully saturated rings. The highest BCUT2D eigenvalue weighted by Gasteiger charge is 2.28. The monoisotopic (exact) mass is 486 g/mol. The summed E-state index contributed by atoms with van der Waals surface area (Å²) in [5, 5.41) is 34.7. The Kier molecular flexibility index (Phi) is 10.2. The molecule has 4 atom stereocenters. The number of carbonyl (C=O) groups is 4. The Morgan fingerprint density at radius 1 is 0.800 bits per heavy atom. The van der Waals surface area contributed by atoms with Crippen LogP contribution in [0.4, 0.5) is 0 Å². The lowest BCUT2D eigenvalue weighted by Gasteiger charge is -2.23. The summed E-state index contributed by atoms with van der Waals surface area (Å²) in [5.74, 6) is -3.49. The maximum atomic E-state index is 13.0. The minimum absolute atomic E-state index is 0.0332. The third-order valence-electron chi connectivity index (χ3n) is 5.19. The van der Waals surface area contributed by atoms with Crippen molar-refractivity contribution in [2.24, 2.45) is 5.73 Å². The van der Waals surface area contributed by atoms with Crippen molar-refractivity contribution in [2.45, 2.75) is 43.9 Å². The van der Waals surface area contributed by atoms with Crippen molar-refractivity contribution in [1.29, 1.82) is 0 Å². The zero-order valence-electron chi connectivity index (χ0n) is 19.2. The van der Waals surface area contributed by atoms with Gasteiger partial charge in [-0.3, -0.25) is 14.4 Å². The Morgan fingerprint density at radius 3 is 1.94 bits per heavy atom. The Morgan fingerprint density at radius 2 is 1.37 bits per heavy atom. The first-order chi connectivity index (χ1) is 16.6. The number of benzene rings is 2. The molecule has 0 aromatic heterocycles. The Hall–Kier alpha value is -3.96. The highest BCUT2D eigenvalue weighted by atomic mass is 16.4. The van der Waals surface area contributed by atoms with Gasteiger partial charge in [-0.25, -0.2) is 4.79 Å². The molecule has 0 radical (unpaired) electrons. The molecule has 2 aromatic rings. The van der Waals surface area contributed by atoms with E-state index < -0.39 is 54.5 Å². The number of phenolic OH excluding ortho intramolecular Hbond substituents is 1. The van der Waals surface area contributed by atoms with Crippen molar-refractivity contribution >= 4 is 23.7 Å². The van der Waals surface area contributed by atoms with E-state index in [1.165, 1.54) is 19.1 Å². The summed E-state index contributed by atoms with van der Waals surface area (Å²) in [4.78, 5) is 49.0. The Bertz CT molecular complexity index is 1010. The Balaban J connectivity index is 2.11. The SMILES string of the molecule is CC(NC(=O)C(Cc1ccc(O)cc1)NC(=O)C(N)Cc1ccccc1)C(=O)NC(CO)C(=O)O. The van der Waals surface area contributed by atoms with E-state index in [0.717, 1.165) is 5.56 Å².